The summed E-state index contributed by atoms with van der Waals surface area (Å²) in [4.78, 5) is 10.4. The van der Waals surface area contributed by atoms with Crippen LogP contribution in [0.2, 0.25) is 0 Å². The molecular weight excluding hydrogens is 114 g/mol. The molecule has 2 heteroatoms. The van der Waals surface area contributed by atoms with Gasteiger partial charge in [0.25, 0.3) is 0 Å². The largest absolute Gasteiger partial charge is 0.315 e. The highest BCUT2D eigenvalue weighted by Gasteiger charge is 2.34. The van der Waals surface area contributed by atoms with Crippen molar-refractivity contribution in [2.75, 3.05) is 13.1 Å². The molecule has 0 radical (unpaired) electrons. The Hall–Kier alpha value is -0.630. The molecule has 1 heterocycles. The van der Waals surface area contributed by atoms with Crippen molar-refractivity contribution in [1.82, 2.24) is 5.32 Å². The van der Waals surface area contributed by atoms with E-state index in [1.165, 1.54) is 0 Å². The maximum atomic E-state index is 10.4. The van der Waals surface area contributed by atoms with E-state index in [9.17, 15) is 4.79 Å². The lowest BCUT2D eigenvalue weighted by atomic mass is 9.80. The van der Waals surface area contributed by atoms with Gasteiger partial charge in [-0.05, 0) is 6.42 Å². The molecule has 1 aliphatic rings. The first-order chi connectivity index (χ1) is 4.33. The minimum absolute atomic E-state index is 0.0955. The number of nitrogens with one attached hydrogen (secondary N) is 1. The molecule has 0 amide bonds. The summed E-state index contributed by atoms with van der Waals surface area (Å²) >= 11 is 0. The average molecular weight is 125 g/mol. The van der Waals surface area contributed by atoms with Crippen LogP contribution >= 0.6 is 0 Å². The van der Waals surface area contributed by atoms with E-state index in [2.05, 4.69) is 11.9 Å². The molecule has 50 valence electrons. The SMILES string of the molecule is C=CCC1(C=O)CNC1. The van der Waals surface area contributed by atoms with E-state index >= 15 is 0 Å². The molecule has 0 atom stereocenters. The summed E-state index contributed by atoms with van der Waals surface area (Å²) in [5.41, 5.74) is -0.0955. The van der Waals surface area contributed by atoms with Gasteiger partial charge in [-0.25, -0.2) is 0 Å². The predicted molar refractivity (Wildman–Crippen MR) is 36.2 cm³/mol. The van der Waals surface area contributed by atoms with E-state index in [-0.39, 0.29) is 5.41 Å². The monoisotopic (exact) mass is 125 g/mol. The minimum Gasteiger partial charge on any atom is -0.315 e. The lowest BCUT2D eigenvalue weighted by molar-refractivity contribution is -0.118. The Morgan fingerprint density at radius 1 is 1.67 bits per heavy atom. The van der Waals surface area contributed by atoms with Crippen LogP contribution in [0, 0.1) is 5.41 Å². The number of carbonyl (C=O) groups excluding carboxylic acids is 1. The van der Waals surface area contributed by atoms with Crippen molar-refractivity contribution in [3.8, 4) is 0 Å². The minimum atomic E-state index is -0.0955. The van der Waals surface area contributed by atoms with Crippen molar-refractivity contribution < 1.29 is 4.79 Å². The number of hydrogen-bond donors (Lipinski definition) is 1. The molecule has 1 rings (SSSR count). The van der Waals surface area contributed by atoms with Crippen molar-refractivity contribution >= 4 is 6.29 Å². The first-order valence-corrected chi connectivity index (χ1v) is 3.11. The first kappa shape index (κ1) is 6.49. The Morgan fingerprint density at radius 2 is 2.33 bits per heavy atom. The molecule has 1 N–H and O–H groups in total. The Bertz CT molecular complexity index is 127. The van der Waals surface area contributed by atoms with Crippen molar-refractivity contribution in [3.63, 3.8) is 0 Å². The smallest absolute Gasteiger partial charge is 0.129 e. The average Bonchev–Trinajstić information content (AvgIpc) is 1.79. The summed E-state index contributed by atoms with van der Waals surface area (Å²) in [5.74, 6) is 0. The molecule has 0 aromatic carbocycles. The van der Waals surface area contributed by atoms with Gasteiger partial charge in [0.05, 0.1) is 5.41 Å². The molecule has 2 nitrogen and oxygen atoms in total. The second kappa shape index (κ2) is 2.31. The summed E-state index contributed by atoms with van der Waals surface area (Å²) in [5, 5.41) is 3.06. The third-order valence-electron chi connectivity index (χ3n) is 1.75. The van der Waals surface area contributed by atoms with E-state index in [1.807, 2.05) is 0 Å². The quantitative estimate of drug-likeness (QED) is 0.435. The van der Waals surface area contributed by atoms with Gasteiger partial charge in [-0.1, -0.05) is 6.08 Å². The second-order valence-corrected chi connectivity index (χ2v) is 2.58. The van der Waals surface area contributed by atoms with Crippen LogP contribution in [0.4, 0.5) is 0 Å². The molecule has 0 unspecified atom stereocenters. The number of rotatable bonds is 3. The molecule has 1 aliphatic heterocycles. The van der Waals surface area contributed by atoms with E-state index in [0.717, 1.165) is 25.8 Å². The predicted octanol–water partition coefficient (Wildman–Crippen LogP) is 0.351. The number of hydrogen-bond acceptors (Lipinski definition) is 2. The molecule has 0 bridgehead atoms. The summed E-state index contributed by atoms with van der Waals surface area (Å²) < 4.78 is 0. The molecule has 0 aromatic rings. The van der Waals surface area contributed by atoms with Crippen LogP contribution in [-0.4, -0.2) is 19.4 Å². The van der Waals surface area contributed by atoms with Gasteiger partial charge < -0.3 is 10.1 Å². The van der Waals surface area contributed by atoms with Gasteiger partial charge >= 0.3 is 0 Å². The number of aldehydes is 1. The van der Waals surface area contributed by atoms with E-state index < -0.39 is 0 Å². The summed E-state index contributed by atoms with van der Waals surface area (Å²) in [6, 6.07) is 0. The zero-order valence-electron chi connectivity index (χ0n) is 5.39. The lowest BCUT2D eigenvalue weighted by Gasteiger charge is -2.36. The summed E-state index contributed by atoms with van der Waals surface area (Å²) in [7, 11) is 0. The van der Waals surface area contributed by atoms with Crippen LogP contribution < -0.4 is 5.32 Å². The van der Waals surface area contributed by atoms with Gasteiger partial charge in [0, 0.05) is 13.1 Å². The molecule has 0 spiro atoms. The van der Waals surface area contributed by atoms with E-state index in [0.29, 0.717) is 0 Å². The highest BCUT2D eigenvalue weighted by Crippen LogP contribution is 2.23. The number of carbonyl (C=O) groups is 1. The van der Waals surface area contributed by atoms with E-state index in [4.69, 9.17) is 0 Å². The molecular formula is C7H11NO. The van der Waals surface area contributed by atoms with Crippen molar-refractivity contribution in [1.29, 1.82) is 0 Å². The van der Waals surface area contributed by atoms with Crippen molar-refractivity contribution in [2.45, 2.75) is 6.42 Å². The normalized spacial score (nSPS) is 22.2. The van der Waals surface area contributed by atoms with Crippen LogP contribution in [0.3, 0.4) is 0 Å². The lowest BCUT2D eigenvalue weighted by Crippen LogP contribution is -2.54. The Labute approximate surface area is 54.9 Å². The third kappa shape index (κ3) is 1.03. The highest BCUT2D eigenvalue weighted by atomic mass is 16.1. The van der Waals surface area contributed by atoms with Crippen molar-refractivity contribution in [2.24, 2.45) is 5.41 Å². The summed E-state index contributed by atoms with van der Waals surface area (Å²) in [6.45, 7) is 5.23. The van der Waals surface area contributed by atoms with Crippen LogP contribution in [-0.2, 0) is 4.79 Å². The topological polar surface area (TPSA) is 29.1 Å². The Balaban J connectivity index is 2.45. The van der Waals surface area contributed by atoms with Gasteiger partial charge in [-0.3, -0.25) is 0 Å². The van der Waals surface area contributed by atoms with Crippen molar-refractivity contribution in [3.05, 3.63) is 12.7 Å². The van der Waals surface area contributed by atoms with Gasteiger partial charge in [-0.2, -0.15) is 0 Å². The van der Waals surface area contributed by atoms with Crippen LogP contribution in [0.5, 0.6) is 0 Å². The van der Waals surface area contributed by atoms with E-state index in [1.54, 1.807) is 6.08 Å². The Morgan fingerprint density at radius 3 is 2.44 bits per heavy atom. The molecule has 9 heavy (non-hydrogen) atoms. The fraction of sp³-hybridized carbons (Fsp3) is 0.571. The van der Waals surface area contributed by atoms with Gasteiger partial charge in [0.2, 0.25) is 0 Å². The molecule has 0 aromatic heterocycles. The molecule has 0 saturated carbocycles. The third-order valence-corrected chi connectivity index (χ3v) is 1.75. The molecule has 0 aliphatic carbocycles. The molecule has 1 saturated heterocycles. The zero-order chi connectivity index (χ0) is 6.74. The van der Waals surface area contributed by atoms with Crippen LogP contribution in [0.1, 0.15) is 6.42 Å². The Kier molecular flexibility index (Phi) is 1.67. The molecule has 1 fully saturated rings. The highest BCUT2D eigenvalue weighted by molar-refractivity contribution is 5.62. The van der Waals surface area contributed by atoms with Crippen LogP contribution in [0.25, 0.3) is 0 Å². The van der Waals surface area contributed by atoms with Gasteiger partial charge in [-0.15, -0.1) is 6.58 Å². The van der Waals surface area contributed by atoms with Gasteiger partial charge in [0.1, 0.15) is 6.29 Å². The number of allylic oxidation sites excluding steroid dienone is 1. The summed E-state index contributed by atoms with van der Waals surface area (Å²) in [6.07, 6.45) is 3.64. The first-order valence-electron chi connectivity index (χ1n) is 3.11. The van der Waals surface area contributed by atoms with Gasteiger partial charge in [0.15, 0.2) is 0 Å². The zero-order valence-corrected chi connectivity index (χ0v) is 5.39. The standard InChI is InChI=1S/C7H11NO/c1-2-3-7(6-9)4-8-5-7/h2,6,8H,1,3-5H2. The van der Waals surface area contributed by atoms with Crippen LogP contribution in [0.15, 0.2) is 12.7 Å². The fourth-order valence-corrected chi connectivity index (χ4v) is 1.01. The second-order valence-electron chi connectivity index (χ2n) is 2.58. The maximum absolute atomic E-state index is 10.4. The fourth-order valence-electron chi connectivity index (χ4n) is 1.01. The maximum Gasteiger partial charge on any atom is 0.129 e.